The van der Waals surface area contributed by atoms with Gasteiger partial charge in [0.15, 0.2) is 0 Å². The first-order chi connectivity index (χ1) is 8.31. The van der Waals surface area contributed by atoms with Crippen molar-refractivity contribution in [1.82, 2.24) is 14.3 Å². The zero-order valence-corrected chi connectivity index (χ0v) is 11.9. The Hall–Kier alpha value is -1.25. The maximum atomic E-state index is 11.8. The van der Waals surface area contributed by atoms with Gasteiger partial charge in [0.05, 0.1) is 5.39 Å². The number of aryl methyl sites for hydroxylation is 1. The van der Waals surface area contributed by atoms with Gasteiger partial charge in [0.25, 0.3) is 5.56 Å². The highest BCUT2D eigenvalue weighted by Crippen LogP contribution is 2.20. The zero-order valence-electron chi connectivity index (χ0n) is 10.2. The van der Waals surface area contributed by atoms with Gasteiger partial charge >= 0.3 is 0 Å². The van der Waals surface area contributed by atoms with Crippen LogP contribution < -0.4 is 5.56 Å². The van der Waals surface area contributed by atoms with Gasteiger partial charge in [-0.15, -0.1) is 11.3 Å². The molecule has 0 radical (unpaired) electrons. The third-order valence-electron chi connectivity index (χ3n) is 2.55. The predicted molar refractivity (Wildman–Crippen MR) is 71.3 cm³/mol. The van der Waals surface area contributed by atoms with Gasteiger partial charge < -0.3 is 4.98 Å². The van der Waals surface area contributed by atoms with E-state index in [2.05, 4.69) is 9.97 Å². The minimum absolute atomic E-state index is 0.169. The largest absolute Gasteiger partial charge is 0.309 e. The summed E-state index contributed by atoms with van der Waals surface area (Å²) in [6.07, 6.45) is 0. The number of aromatic amines is 1. The second-order valence-electron chi connectivity index (χ2n) is 4.15. The van der Waals surface area contributed by atoms with E-state index in [0.29, 0.717) is 10.2 Å². The van der Waals surface area contributed by atoms with E-state index in [1.807, 2.05) is 12.3 Å². The maximum Gasteiger partial charge on any atom is 0.259 e. The second kappa shape index (κ2) is 4.45. The molecule has 1 N–H and O–H groups in total. The fourth-order valence-electron chi connectivity index (χ4n) is 1.50. The van der Waals surface area contributed by atoms with Gasteiger partial charge in [-0.05, 0) is 17.9 Å². The van der Waals surface area contributed by atoms with Crippen LogP contribution in [0, 0.1) is 6.92 Å². The Morgan fingerprint density at radius 3 is 2.72 bits per heavy atom. The zero-order chi connectivity index (χ0) is 13.5. The lowest BCUT2D eigenvalue weighted by atomic mass is 10.3. The van der Waals surface area contributed by atoms with Crippen LogP contribution in [0.2, 0.25) is 0 Å². The summed E-state index contributed by atoms with van der Waals surface area (Å²) < 4.78 is 24.5. The van der Waals surface area contributed by atoms with Crippen LogP contribution in [0.4, 0.5) is 0 Å². The number of rotatable bonds is 3. The first kappa shape index (κ1) is 13.2. The van der Waals surface area contributed by atoms with Crippen LogP contribution in [-0.4, -0.2) is 36.8 Å². The fourth-order valence-corrected chi connectivity index (χ4v) is 3.18. The van der Waals surface area contributed by atoms with Crippen molar-refractivity contribution in [2.24, 2.45) is 0 Å². The molecular weight excluding hydrogens is 274 g/mol. The third-order valence-corrected chi connectivity index (χ3v) is 5.29. The molecule has 2 rings (SSSR count). The van der Waals surface area contributed by atoms with Crippen molar-refractivity contribution in [1.29, 1.82) is 0 Å². The molecule has 0 spiro atoms. The predicted octanol–water partition coefficient (Wildman–Crippen LogP) is 0.684. The molecule has 0 aliphatic carbocycles. The molecule has 0 fully saturated rings. The first-order valence-electron chi connectivity index (χ1n) is 5.18. The van der Waals surface area contributed by atoms with E-state index in [1.165, 1.54) is 25.4 Å². The molecule has 0 unspecified atom stereocenters. The van der Waals surface area contributed by atoms with Gasteiger partial charge in [-0.3, -0.25) is 4.79 Å². The number of fused-ring (bicyclic) bond motifs is 1. The summed E-state index contributed by atoms with van der Waals surface area (Å²) >= 11 is 1.34. The number of sulfonamides is 1. The van der Waals surface area contributed by atoms with Gasteiger partial charge in [0.2, 0.25) is 10.0 Å². The Morgan fingerprint density at radius 2 is 2.11 bits per heavy atom. The minimum Gasteiger partial charge on any atom is -0.309 e. The van der Waals surface area contributed by atoms with Crippen molar-refractivity contribution in [2.45, 2.75) is 12.7 Å². The van der Waals surface area contributed by atoms with Crippen LogP contribution in [0.3, 0.4) is 0 Å². The van der Waals surface area contributed by atoms with E-state index in [1.54, 1.807) is 0 Å². The Labute approximate surface area is 108 Å². The van der Waals surface area contributed by atoms with E-state index >= 15 is 0 Å². The van der Waals surface area contributed by atoms with Crippen molar-refractivity contribution in [2.75, 3.05) is 14.1 Å². The SMILES string of the molecule is Cc1csc2nc(CS(=O)(=O)N(C)C)[nH]c(=O)c12. The summed E-state index contributed by atoms with van der Waals surface area (Å²) in [4.78, 5) is 19.1. The molecule has 0 atom stereocenters. The molecule has 2 heterocycles. The van der Waals surface area contributed by atoms with E-state index in [0.717, 1.165) is 9.87 Å². The molecule has 0 saturated heterocycles. The Balaban J connectivity index is 2.52. The van der Waals surface area contributed by atoms with E-state index in [9.17, 15) is 13.2 Å². The minimum atomic E-state index is -3.42. The summed E-state index contributed by atoms with van der Waals surface area (Å²) in [5.74, 6) is -0.134. The molecule has 98 valence electrons. The molecular formula is C10H13N3O3S2. The van der Waals surface area contributed by atoms with E-state index in [4.69, 9.17) is 0 Å². The second-order valence-corrected chi connectivity index (χ2v) is 7.19. The molecule has 0 aromatic carbocycles. The number of aromatic nitrogens is 2. The van der Waals surface area contributed by atoms with Crippen LogP contribution in [-0.2, 0) is 15.8 Å². The number of H-pyrrole nitrogens is 1. The van der Waals surface area contributed by atoms with Crippen LogP contribution in [0.15, 0.2) is 10.2 Å². The first-order valence-corrected chi connectivity index (χ1v) is 7.67. The highest BCUT2D eigenvalue weighted by Gasteiger charge is 2.17. The van der Waals surface area contributed by atoms with E-state index < -0.39 is 10.0 Å². The summed E-state index contributed by atoms with van der Waals surface area (Å²) in [6, 6.07) is 0. The lowest BCUT2D eigenvalue weighted by Gasteiger charge is -2.10. The average Bonchev–Trinajstić information content (AvgIpc) is 2.59. The number of nitrogens with zero attached hydrogens (tertiary/aromatic N) is 2. The molecule has 0 aliphatic rings. The Morgan fingerprint density at radius 1 is 1.44 bits per heavy atom. The molecule has 2 aromatic heterocycles. The monoisotopic (exact) mass is 287 g/mol. The number of hydrogen-bond acceptors (Lipinski definition) is 5. The third kappa shape index (κ3) is 2.31. The summed E-state index contributed by atoms with van der Waals surface area (Å²) in [5, 5.41) is 2.36. The maximum absolute atomic E-state index is 11.8. The lowest BCUT2D eigenvalue weighted by molar-refractivity contribution is 0.518. The molecule has 18 heavy (non-hydrogen) atoms. The fraction of sp³-hybridized carbons (Fsp3) is 0.400. The lowest BCUT2D eigenvalue weighted by Crippen LogP contribution is -2.25. The molecule has 6 nitrogen and oxygen atoms in total. The summed E-state index contributed by atoms with van der Waals surface area (Å²) in [6.45, 7) is 1.83. The molecule has 0 bridgehead atoms. The molecule has 0 aliphatic heterocycles. The summed E-state index contributed by atoms with van der Waals surface area (Å²) in [5.41, 5.74) is 0.563. The highest BCUT2D eigenvalue weighted by atomic mass is 32.2. The van der Waals surface area contributed by atoms with Crippen LogP contribution in [0.5, 0.6) is 0 Å². The molecule has 2 aromatic rings. The Bertz CT molecular complexity index is 743. The van der Waals surface area contributed by atoms with Gasteiger partial charge in [0, 0.05) is 14.1 Å². The molecule has 0 saturated carbocycles. The van der Waals surface area contributed by atoms with Gasteiger partial charge in [0.1, 0.15) is 16.4 Å². The molecule has 0 amide bonds. The number of thiophene rings is 1. The topological polar surface area (TPSA) is 83.1 Å². The summed E-state index contributed by atoms with van der Waals surface area (Å²) in [7, 11) is -0.533. The van der Waals surface area contributed by atoms with Crippen molar-refractivity contribution < 1.29 is 8.42 Å². The van der Waals surface area contributed by atoms with Crippen LogP contribution in [0.25, 0.3) is 10.2 Å². The van der Waals surface area contributed by atoms with Crippen molar-refractivity contribution in [3.8, 4) is 0 Å². The number of nitrogens with one attached hydrogen (secondary N) is 1. The van der Waals surface area contributed by atoms with Gasteiger partial charge in [-0.1, -0.05) is 0 Å². The van der Waals surface area contributed by atoms with Crippen LogP contribution in [0.1, 0.15) is 11.4 Å². The quantitative estimate of drug-likeness (QED) is 0.900. The smallest absolute Gasteiger partial charge is 0.259 e. The van der Waals surface area contributed by atoms with Gasteiger partial charge in [-0.25, -0.2) is 17.7 Å². The van der Waals surface area contributed by atoms with Crippen molar-refractivity contribution in [3.05, 3.63) is 27.1 Å². The van der Waals surface area contributed by atoms with E-state index in [-0.39, 0.29) is 17.1 Å². The van der Waals surface area contributed by atoms with Crippen molar-refractivity contribution >= 4 is 31.6 Å². The van der Waals surface area contributed by atoms with Gasteiger partial charge in [-0.2, -0.15) is 0 Å². The highest BCUT2D eigenvalue weighted by molar-refractivity contribution is 7.88. The Kier molecular flexibility index (Phi) is 3.26. The van der Waals surface area contributed by atoms with Crippen LogP contribution >= 0.6 is 11.3 Å². The normalized spacial score (nSPS) is 12.4. The van der Waals surface area contributed by atoms with Crippen molar-refractivity contribution in [3.63, 3.8) is 0 Å². The number of hydrogen-bond donors (Lipinski definition) is 1. The molecule has 8 heteroatoms. The standard InChI is InChI=1S/C10H13N3O3S2/c1-6-4-17-10-8(6)9(14)11-7(12-10)5-18(15,16)13(2)3/h4H,5H2,1-3H3,(H,11,12,14). The average molecular weight is 287 g/mol.